The fourth-order valence-corrected chi connectivity index (χ4v) is 6.51. The van der Waals surface area contributed by atoms with Gasteiger partial charge in [0.25, 0.3) is 5.69 Å². The van der Waals surface area contributed by atoms with Crippen LogP contribution >= 0.6 is 0 Å². The minimum Gasteiger partial charge on any atom is -0.494 e. The summed E-state index contributed by atoms with van der Waals surface area (Å²) in [6.07, 6.45) is 9.75. The van der Waals surface area contributed by atoms with Crippen LogP contribution in [0.1, 0.15) is 95.3 Å². The molecule has 0 fully saturated rings. The second-order valence-corrected chi connectivity index (χ2v) is 15.9. The molecule has 0 saturated carbocycles. The van der Waals surface area contributed by atoms with Crippen LogP contribution in [0.3, 0.4) is 0 Å². The molecule has 0 heterocycles. The van der Waals surface area contributed by atoms with E-state index in [9.17, 15) is 34.1 Å². The van der Waals surface area contributed by atoms with Crippen LogP contribution in [0.15, 0.2) is 151 Å². The molecule has 0 N–H and O–H groups in total. The maximum atomic E-state index is 13.6. The molecule has 0 unspecified atom stereocenters. The Hall–Kier alpha value is -8.67. The van der Waals surface area contributed by atoms with Gasteiger partial charge in [0.15, 0.2) is 0 Å². The molecule has 0 spiro atoms. The number of azo groups is 1. The molecule has 5 aromatic carbocycles. The topological polar surface area (TPSA) is 227 Å². The highest BCUT2D eigenvalue weighted by Crippen LogP contribution is 2.26. The lowest BCUT2D eigenvalue weighted by atomic mass is 10.0. The van der Waals surface area contributed by atoms with Crippen molar-refractivity contribution in [3.63, 3.8) is 0 Å². The van der Waals surface area contributed by atoms with Crippen molar-refractivity contribution >= 4 is 46.9 Å². The van der Waals surface area contributed by atoms with Gasteiger partial charge < -0.3 is 37.9 Å². The van der Waals surface area contributed by atoms with Crippen molar-refractivity contribution in [1.29, 1.82) is 0 Å². The van der Waals surface area contributed by atoms with Crippen LogP contribution < -0.4 is 23.7 Å². The Kier molecular flexibility index (Phi) is 23.3. The molecule has 0 amide bonds. The van der Waals surface area contributed by atoms with Crippen molar-refractivity contribution in [3.8, 4) is 28.7 Å². The molecule has 0 radical (unpaired) electrons. The van der Waals surface area contributed by atoms with Crippen LogP contribution in [0.2, 0.25) is 0 Å². The highest BCUT2D eigenvalue weighted by Gasteiger charge is 2.23. The Morgan fingerprint density at radius 2 is 0.822 bits per heavy atom. The van der Waals surface area contributed by atoms with Gasteiger partial charge in [-0.1, -0.05) is 13.2 Å². The van der Waals surface area contributed by atoms with E-state index < -0.39 is 34.8 Å². The predicted molar refractivity (Wildman–Crippen MR) is 268 cm³/mol. The van der Waals surface area contributed by atoms with Gasteiger partial charge >= 0.3 is 29.8 Å². The smallest absolute Gasteiger partial charge is 0.344 e. The molecule has 382 valence electrons. The first-order valence-electron chi connectivity index (χ1n) is 23.7. The zero-order valence-corrected chi connectivity index (χ0v) is 40.3. The van der Waals surface area contributed by atoms with Gasteiger partial charge in [-0.3, -0.25) is 10.1 Å². The lowest BCUT2D eigenvalue weighted by Gasteiger charge is -2.12. The minimum atomic E-state index is -0.865. The number of nitro benzene ring substituents is 1. The molecule has 18 heteroatoms. The fourth-order valence-electron chi connectivity index (χ4n) is 6.51. The summed E-state index contributed by atoms with van der Waals surface area (Å²) in [6, 6.07) is 29.3. The molecule has 0 aromatic heterocycles. The SMILES string of the molecule is C=CC(=O)OCCCCCCOc1ccc(OC(=O)c2ccc(C(=O)Oc3ccc(OCCCCCCOC(=O)C=C)cc3)c(C(=O)OCCCCOc3ccc(N=Nc4ccc([N+](=O)[O-])cc4)cc3)c2)cc1. The second-order valence-electron chi connectivity index (χ2n) is 15.9. The number of hydrogen-bond acceptors (Lipinski definition) is 17. The Balaban J connectivity index is 1.13. The van der Waals surface area contributed by atoms with Crippen molar-refractivity contribution in [1.82, 2.24) is 0 Å². The monoisotopic (exact) mass is 999 g/mol. The number of rotatable bonds is 32. The van der Waals surface area contributed by atoms with E-state index in [1.54, 1.807) is 72.8 Å². The molecule has 0 aliphatic rings. The van der Waals surface area contributed by atoms with E-state index in [1.165, 1.54) is 42.5 Å². The largest absolute Gasteiger partial charge is 0.494 e. The molecular formula is C55H57N3O15. The summed E-state index contributed by atoms with van der Waals surface area (Å²) in [5.74, 6) is -1.27. The van der Waals surface area contributed by atoms with Crippen LogP contribution in [0.25, 0.3) is 0 Å². The zero-order valence-electron chi connectivity index (χ0n) is 40.3. The third kappa shape index (κ3) is 20.3. The summed E-state index contributed by atoms with van der Waals surface area (Å²) in [5, 5.41) is 19.1. The molecule has 0 aliphatic heterocycles. The number of nitro groups is 1. The van der Waals surface area contributed by atoms with E-state index in [-0.39, 0.29) is 40.5 Å². The average Bonchev–Trinajstić information content (AvgIpc) is 3.41. The van der Waals surface area contributed by atoms with Crippen molar-refractivity contribution in [3.05, 3.63) is 167 Å². The molecule has 18 nitrogen and oxygen atoms in total. The zero-order chi connectivity index (χ0) is 52.0. The Morgan fingerprint density at radius 3 is 1.29 bits per heavy atom. The lowest BCUT2D eigenvalue weighted by Crippen LogP contribution is -2.18. The minimum absolute atomic E-state index is 0.0204. The third-order valence-electron chi connectivity index (χ3n) is 10.4. The Labute approximate surface area is 422 Å². The van der Waals surface area contributed by atoms with Crippen LogP contribution in [-0.2, 0) is 23.8 Å². The van der Waals surface area contributed by atoms with E-state index in [4.69, 9.17) is 37.9 Å². The number of hydrogen-bond donors (Lipinski definition) is 0. The van der Waals surface area contributed by atoms with Crippen LogP contribution in [0, 0.1) is 10.1 Å². The van der Waals surface area contributed by atoms with E-state index in [0.29, 0.717) is 74.5 Å². The van der Waals surface area contributed by atoms with E-state index in [0.717, 1.165) is 63.5 Å². The first-order chi connectivity index (χ1) is 35.5. The van der Waals surface area contributed by atoms with Crippen LogP contribution in [-0.4, -0.2) is 74.4 Å². The van der Waals surface area contributed by atoms with E-state index >= 15 is 0 Å². The van der Waals surface area contributed by atoms with Crippen molar-refractivity contribution in [2.75, 3.05) is 39.6 Å². The standard InChI is InChI=1S/C55H57N3O15/c1-3-51(59)69-36-11-7-5-9-33-66-45-24-28-47(29-25-45)72-53(61)40-15-32-49(55(63)73-48-30-26-46(27-31-48)67-34-10-6-8-12-37-70-52(60)4-2)50(39-40)54(62)71-38-14-13-35-68-44-22-18-42(19-23-44)57-56-41-16-20-43(21-17-41)58(64)65/h3-4,15-32,39H,1-2,5-14,33-38H2. The molecule has 0 aliphatic carbocycles. The van der Waals surface area contributed by atoms with Crippen LogP contribution in [0.5, 0.6) is 28.7 Å². The first-order valence-corrected chi connectivity index (χ1v) is 23.7. The summed E-state index contributed by atoms with van der Waals surface area (Å²) >= 11 is 0. The predicted octanol–water partition coefficient (Wildman–Crippen LogP) is 11.8. The second kappa shape index (κ2) is 30.8. The van der Waals surface area contributed by atoms with Gasteiger partial charge in [0, 0.05) is 24.3 Å². The van der Waals surface area contributed by atoms with E-state index in [1.807, 2.05) is 0 Å². The van der Waals surface area contributed by atoms with Crippen molar-refractivity contribution < 1.29 is 66.8 Å². The van der Waals surface area contributed by atoms with Gasteiger partial charge in [0.1, 0.15) is 28.7 Å². The summed E-state index contributed by atoms with van der Waals surface area (Å²) in [4.78, 5) is 73.3. The summed E-state index contributed by atoms with van der Waals surface area (Å²) < 4.78 is 44.2. The summed E-state index contributed by atoms with van der Waals surface area (Å²) in [7, 11) is 0. The number of esters is 5. The normalized spacial score (nSPS) is 10.7. The van der Waals surface area contributed by atoms with Gasteiger partial charge in [-0.25, -0.2) is 24.0 Å². The number of carbonyl (C=O) groups is 5. The number of benzene rings is 5. The summed E-state index contributed by atoms with van der Waals surface area (Å²) in [6.45, 7) is 8.62. The number of unbranched alkanes of at least 4 members (excludes halogenated alkanes) is 7. The molecule has 0 saturated heterocycles. The molecule has 73 heavy (non-hydrogen) atoms. The number of carbonyl (C=O) groups excluding carboxylic acids is 5. The quantitative estimate of drug-likeness (QED) is 0.00570. The number of nitrogens with zero attached hydrogens (tertiary/aromatic N) is 3. The highest BCUT2D eigenvalue weighted by atomic mass is 16.6. The highest BCUT2D eigenvalue weighted by molar-refractivity contribution is 6.06. The Bertz CT molecular complexity index is 2630. The third-order valence-corrected chi connectivity index (χ3v) is 10.4. The molecule has 5 rings (SSSR count). The van der Waals surface area contributed by atoms with Gasteiger partial charge in [-0.15, -0.1) is 0 Å². The van der Waals surface area contributed by atoms with Gasteiger partial charge in [0.05, 0.1) is 72.6 Å². The first kappa shape index (κ1) is 55.3. The Morgan fingerprint density at radius 1 is 0.438 bits per heavy atom. The van der Waals surface area contributed by atoms with Gasteiger partial charge in [0.2, 0.25) is 0 Å². The molecule has 0 atom stereocenters. The van der Waals surface area contributed by atoms with Crippen molar-refractivity contribution in [2.24, 2.45) is 10.2 Å². The van der Waals surface area contributed by atoms with Gasteiger partial charge in [-0.2, -0.15) is 10.2 Å². The number of non-ortho nitro benzene ring substituents is 1. The van der Waals surface area contributed by atoms with E-state index in [2.05, 4.69) is 23.4 Å². The average molecular weight is 1000 g/mol. The molecule has 5 aromatic rings. The summed E-state index contributed by atoms with van der Waals surface area (Å²) in [5.41, 5.74) is 0.597. The van der Waals surface area contributed by atoms with Crippen LogP contribution in [0.4, 0.5) is 17.1 Å². The fraction of sp³-hybridized carbons (Fsp3) is 0.291. The molecular weight excluding hydrogens is 943 g/mol. The van der Waals surface area contributed by atoms with Gasteiger partial charge in [-0.05, 0) is 167 Å². The lowest BCUT2D eigenvalue weighted by molar-refractivity contribution is -0.384. The maximum Gasteiger partial charge on any atom is 0.344 e. The molecule has 0 bridgehead atoms. The number of ether oxygens (including phenoxy) is 8. The maximum absolute atomic E-state index is 13.6. The van der Waals surface area contributed by atoms with Crippen molar-refractivity contribution in [2.45, 2.75) is 64.2 Å².